The van der Waals surface area contributed by atoms with Crippen molar-refractivity contribution in [2.75, 3.05) is 0 Å². The molecule has 0 fully saturated rings. The van der Waals surface area contributed by atoms with Crippen LogP contribution in [0, 0.1) is 0 Å². The largest absolute Gasteiger partial charge is 0.475 e. The molecule has 0 aliphatic carbocycles. The van der Waals surface area contributed by atoms with Crippen LogP contribution in [0.15, 0.2) is 39.4 Å². The van der Waals surface area contributed by atoms with Gasteiger partial charge in [0.25, 0.3) is 0 Å². The van der Waals surface area contributed by atoms with Crippen LogP contribution in [-0.2, 0) is 12.8 Å². The average molecular weight is 296 g/mol. The lowest BCUT2D eigenvalue weighted by Gasteiger charge is -1.98. The second kappa shape index (κ2) is 5.14. The molecule has 4 nitrogen and oxygen atoms in total. The van der Waals surface area contributed by atoms with Crippen LogP contribution in [0.5, 0.6) is 0 Å². The quantitative estimate of drug-likeness (QED) is 0.942. The number of carboxylic acid groups (broad SMARTS) is 1. The Bertz CT molecular complexity index is 519. The average Bonchev–Trinajstić information content (AvgIpc) is 2.77. The first-order valence-corrected chi connectivity index (χ1v) is 5.87. The van der Waals surface area contributed by atoms with E-state index in [4.69, 9.17) is 9.52 Å². The Balaban J connectivity index is 1.97. The summed E-state index contributed by atoms with van der Waals surface area (Å²) in [7, 11) is 0. The first kappa shape index (κ1) is 11.9. The number of hydrogen-bond donors (Lipinski definition) is 1. The Hall–Kier alpha value is -1.62. The summed E-state index contributed by atoms with van der Waals surface area (Å²) < 4.78 is 6.10. The van der Waals surface area contributed by atoms with Gasteiger partial charge in [0.15, 0.2) is 5.89 Å². The van der Waals surface area contributed by atoms with E-state index in [1.807, 2.05) is 24.3 Å². The molecular formula is C12H10BrNO3. The van der Waals surface area contributed by atoms with Crippen molar-refractivity contribution in [3.05, 3.63) is 52.1 Å². The molecule has 0 bridgehead atoms. The van der Waals surface area contributed by atoms with Crippen molar-refractivity contribution in [3.63, 3.8) is 0 Å². The molecule has 0 aliphatic heterocycles. The van der Waals surface area contributed by atoms with Gasteiger partial charge >= 0.3 is 5.97 Å². The number of hydrogen-bond acceptors (Lipinski definition) is 3. The number of benzene rings is 1. The summed E-state index contributed by atoms with van der Waals surface area (Å²) in [5, 5.41) is 8.67. The van der Waals surface area contributed by atoms with Crippen molar-refractivity contribution in [2.45, 2.75) is 12.8 Å². The van der Waals surface area contributed by atoms with E-state index in [2.05, 4.69) is 20.9 Å². The van der Waals surface area contributed by atoms with Crippen molar-refractivity contribution in [3.8, 4) is 0 Å². The minimum Gasteiger partial charge on any atom is -0.475 e. The summed E-state index contributed by atoms with van der Waals surface area (Å²) in [6.45, 7) is 0. The number of rotatable bonds is 4. The van der Waals surface area contributed by atoms with Gasteiger partial charge in [0.05, 0.1) is 6.20 Å². The second-order valence-corrected chi connectivity index (χ2v) is 4.47. The summed E-state index contributed by atoms with van der Waals surface area (Å²) in [5.74, 6) is -0.756. The minimum absolute atomic E-state index is 0.115. The van der Waals surface area contributed by atoms with E-state index in [1.165, 1.54) is 6.20 Å². The summed E-state index contributed by atoms with van der Waals surface area (Å²) in [5.41, 5.74) is 1.16. The first-order valence-electron chi connectivity index (χ1n) is 5.07. The molecule has 0 spiro atoms. The Morgan fingerprint density at radius 2 is 2.00 bits per heavy atom. The normalized spacial score (nSPS) is 10.4. The Morgan fingerprint density at radius 1 is 1.29 bits per heavy atom. The van der Waals surface area contributed by atoms with Gasteiger partial charge in [0.1, 0.15) is 0 Å². The molecule has 0 amide bonds. The first-order chi connectivity index (χ1) is 8.15. The van der Waals surface area contributed by atoms with Crippen molar-refractivity contribution in [1.82, 2.24) is 4.98 Å². The molecule has 1 aromatic carbocycles. The van der Waals surface area contributed by atoms with Crippen LogP contribution in [0.2, 0.25) is 0 Å². The molecule has 2 aromatic rings. The number of nitrogens with zero attached hydrogens (tertiary/aromatic N) is 1. The van der Waals surface area contributed by atoms with Gasteiger partial charge in [-0.1, -0.05) is 28.1 Å². The number of aromatic carboxylic acids is 1. The highest BCUT2D eigenvalue weighted by Crippen LogP contribution is 2.13. The van der Waals surface area contributed by atoms with Crippen LogP contribution in [0.4, 0.5) is 0 Å². The topological polar surface area (TPSA) is 63.3 Å². The highest BCUT2D eigenvalue weighted by atomic mass is 79.9. The molecule has 1 heterocycles. The number of halogens is 1. The standard InChI is InChI=1S/C12H10BrNO3/c13-9-4-1-8(2-5-9)3-6-11-14-7-10(17-11)12(15)16/h1-2,4-5,7H,3,6H2,(H,15,16). The van der Waals surface area contributed by atoms with Crippen LogP contribution < -0.4 is 0 Å². The predicted molar refractivity (Wildman–Crippen MR) is 65.0 cm³/mol. The fourth-order valence-electron chi connectivity index (χ4n) is 1.43. The molecule has 17 heavy (non-hydrogen) atoms. The third kappa shape index (κ3) is 3.17. The van der Waals surface area contributed by atoms with Crippen molar-refractivity contribution >= 4 is 21.9 Å². The highest BCUT2D eigenvalue weighted by Gasteiger charge is 2.10. The molecule has 0 aliphatic rings. The van der Waals surface area contributed by atoms with Crippen LogP contribution in [0.3, 0.4) is 0 Å². The van der Waals surface area contributed by atoms with Crippen molar-refractivity contribution in [2.24, 2.45) is 0 Å². The maximum Gasteiger partial charge on any atom is 0.373 e. The van der Waals surface area contributed by atoms with E-state index in [-0.39, 0.29) is 5.76 Å². The van der Waals surface area contributed by atoms with E-state index >= 15 is 0 Å². The zero-order chi connectivity index (χ0) is 12.3. The van der Waals surface area contributed by atoms with Crippen molar-refractivity contribution < 1.29 is 14.3 Å². The van der Waals surface area contributed by atoms with E-state index in [0.29, 0.717) is 12.3 Å². The number of aromatic nitrogens is 1. The third-order valence-corrected chi connectivity index (χ3v) is 2.83. The van der Waals surface area contributed by atoms with E-state index < -0.39 is 5.97 Å². The maximum atomic E-state index is 10.6. The van der Waals surface area contributed by atoms with Crippen LogP contribution in [0.1, 0.15) is 22.0 Å². The van der Waals surface area contributed by atoms with Gasteiger partial charge < -0.3 is 9.52 Å². The van der Waals surface area contributed by atoms with Gasteiger partial charge in [-0.25, -0.2) is 9.78 Å². The predicted octanol–water partition coefficient (Wildman–Crippen LogP) is 2.92. The lowest BCUT2D eigenvalue weighted by molar-refractivity contribution is 0.0660. The van der Waals surface area contributed by atoms with E-state index in [9.17, 15) is 4.79 Å². The third-order valence-electron chi connectivity index (χ3n) is 2.31. The zero-order valence-corrected chi connectivity index (χ0v) is 10.5. The maximum absolute atomic E-state index is 10.6. The highest BCUT2D eigenvalue weighted by molar-refractivity contribution is 9.10. The fraction of sp³-hybridized carbons (Fsp3) is 0.167. The van der Waals surface area contributed by atoms with E-state index in [0.717, 1.165) is 16.5 Å². The van der Waals surface area contributed by atoms with Crippen LogP contribution in [-0.4, -0.2) is 16.1 Å². The van der Waals surface area contributed by atoms with Gasteiger partial charge in [-0.2, -0.15) is 0 Å². The van der Waals surface area contributed by atoms with Gasteiger partial charge in [-0.15, -0.1) is 0 Å². The molecule has 1 N–H and O–H groups in total. The minimum atomic E-state index is -1.09. The molecule has 88 valence electrons. The molecule has 0 radical (unpaired) electrons. The van der Waals surface area contributed by atoms with E-state index in [1.54, 1.807) is 0 Å². The number of oxazole rings is 1. The molecule has 0 atom stereocenters. The summed E-state index contributed by atoms with van der Waals surface area (Å²) in [6, 6.07) is 7.94. The molecule has 0 saturated heterocycles. The molecule has 5 heteroatoms. The molecule has 1 aromatic heterocycles. The van der Waals surface area contributed by atoms with Crippen LogP contribution >= 0.6 is 15.9 Å². The van der Waals surface area contributed by atoms with Gasteiger partial charge in [-0.05, 0) is 24.1 Å². The molecule has 2 rings (SSSR count). The summed E-state index contributed by atoms with van der Waals surface area (Å²) in [4.78, 5) is 14.5. The smallest absolute Gasteiger partial charge is 0.373 e. The van der Waals surface area contributed by atoms with Gasteiger partial charge in [0, 0.05) is 10.9 Å². The molecule has 0 unspecified atom stereocenters. The number of carbonyl (C=O) groups is 1. The van der Waals surface area contributed by atoms with Gasteiger partial charge in [0.2, 0.25) is 5.76 Å². The Labute approximate surface area is 106 Å². The monoisotopic (exact) mass is 295 g/mol. The summed E-state index contributed by atoms with van der Waals surface area (Å²) in [6.07, 6.45) is 2.60. The SMILES string of the molecule is O=C(O)c1cnc(CCc2ccc(Br)cc2)o1. The number of carboxylic acids is 1. The lowest BCUT2D eigenvalue weighted by atomic mass is 10.1. The molecular weight excluding hydrogens is 286 g/mol. The number of aryl methyl sites for hydroxylation is 2. The van der Waals surface area contributed by atoms with Gasteiger partial charge in [-0.3, -0.25) is 0 Å². The fourth-order valence-corrected chi connectivity index (χ4v) is 1.69. The zero-order valence-electron chi connectivity index (χ0n) is 8.89. The Kier molecular flexibility index (Phi) is 3.58. The second-order valence-electron chi connectivity index (χ2n) is 3.55. The van der Waals surface area contributed by atoms with Crippen molar-refractivity contribution in [1.29, 1.82) is 0 Å². The van der Waals surface area contributed by atoms with Crippen LogP contribution in [0.25, 0.3) is 0 Å². The Morgan fingerprint density at radius 3 is 2.59 bits per heavy atom. The molecule has 0 saturated carbocycles. The lowest BCUT2D eigenvalue weighted by Crippen LogP contribution is -1.93. The summed E-state index contributed by atoms with van der Waals surface area (Å²) >= 11 is 3.36.